The van der Waals surface area contributed by atoms with Crippen molar-refractivity contribution in [2.75, 3.05) is 19.8 Å². The topological polar surface area (TPSA) is 70.6 Å². The molecule has 0 bridgehead atoms. The van der Waals surface area contributed by atoms with Gasteiger partial charge in [-0.05, 0) is 17.5 Å². The largest absolute Gasteiger partial charge is 0.386 e. The molecule has 1 amide bonds. The number of carbonyl (C=O) groups is 1. The first-order valence-corrected chi connectivity index (χ1v) is 7.04. The van der Waals surface area contributed by atoms with Crippen LogP contribution in [0, 0.1) is 0 Å². The van der Waals surface area contributed by atoms with Gasteiger partial charge in [0.2, 0.25) is 5.91 Å². The lowest BCUT2D eigenvalue weighted by Crippen LogP contribution is -2.51. The van der Waals surface area contributed by atoms with Crippen LogP contribution in [0.15, 0.2) is 24.3 Å². The molecule has 2 atom stereocenters. The number of carbonyl (C=O) groups excluding carboxylic acids is 1. The lowest BCUT2D eigenvalue weighted by atomic mass is 9.95. The molecule has 1 aromatic carbocycles. The third-order valence-corrected chi connectivity index (χ3v) is 4.07. The minimum Gasteiger partial charge on any atom is -0.386 e. The summed E-state index contributed by atoms with van der Waals surface area (Å²) in [5.41, 5.74) is 1.57. The van der Waals surface area contributed by atoms with Crippen LogP contribution in [0.2, 0.25) is 0 Å². The van der Waals surface area contributed by atoms with E-state index in [0.717, 1.165) is 0 Å². The average molecular weight is 276 g/mol. The molecule has 0 spiro atoms. The summed E-state index contributed by atoms with van der Waals surface area (Å²) in [6.07, 6.45) is 1.27. The van der Waals surface area contributed by atoms with Crippen LogP contribution in [-0.4, -0.2) is 42.4 Å². The van der Waals surface area contributed by atoms with Gasteiger partial charge in [0, 0.05) is 26.1 Å². The fourth-order valence-corrected chi connectivity index (χ4v) is 2.75. The monoisotopic (exact) mass is 276 g/mol. The summed E-state index contributed by atoms with van der Waals surface area (Å²) in [5, 5.41) is 16.2. The molecule has 2 unspecified atom stereocenters. The smallest absolute Gasteiger partial charge is 0.237 e. The number of fused-ring (bicyclic) bond motifs is 1. The molecule has 108 valence electrons. The molecule has 3 N–H and O–H groups in total. The highest BCUT2D eigenvalue weighted by atomic mass is 16.5. The van der Waals surface area contributed by atoms with E-state index in [0.29, 0.717) is 32.6 Å². The summed E-state index contributed by atoms with van der Waals surface area (Å²) in [4.78, 5) is 12.2. The Morgan fingerprint density at radius 1 is 1.45 bits per heavy atom. The van der Waals surface area contributed by atoms with Crippen LogP contribution in [0.5, 0.6) is 0 Å². The summed E-state index contributed by atoms with van der Waals surface area (Å²) >= 11 is 0. The van der Waals surface area contributed by atoms with Crippen molar-refractivity contribution in [2.45, 2.75) is 31.0 Å². The number of hydrogen-bond donors (Lipinski definition) is 3. The molecular formula is C15H20N2O3. The molecule has 5 nitrogen and oxygen atoms in total. The first-order valence-electron chi connectivity index (χ1n) is 7.04. The Bertz CT molecular complexity index is 498. The van der Waals surface area contributed by atoms with E-state index in [1.165, 1.54) is 11.1 Å². The third kappa shape index (κ3) is 2.85. The van der Waals surface area contributed by atoms with Crippen molar-refractivity contribution in [3.05, 3.63) is 35.4 Å². The Hall–Kier alpha value is -1.43. The van der Waals surface area contributed by atoms with Gasteiger partial charge in [-0.1, -0.05) is 24.3 Å². The van der Waals surface area contributed by atoms with Crippen molar-refractivity contribution in [1.29, 1.82) is 0 Å². The Kier molecular flexibility index (Phi) is 3.74. The molecule has 0 radical (unpaired) electrons. The summed E-state index contributed by atoms with van der Waals surface area (Å²) in [6.45, 7) is 1.82. The van der Waals surface area contributed by atoms with Crippen molar-refractivity contribution in [3.8, 4) is 0 Å². The van der Waals surface area contributed by atoms with E-state index in [1.54, 1.807) is 0 Å². The molecule has 0 aliphatic carbocycles. The first kappa shape index (κ1) is 13.5. The molecule has 2 aliphatic heterocycles. The van der Waals surface area contributed by atoms with E-state index in [2.05, 4.69) is 22.8 Å². The molecule has 2 aliphatic rings. The molecular weight excluding hydrogens is 256 g/mol. The summed E-state index contributed by atoms with van der Waals surface area (Å²) in [7, 11) is 0. The SMILES string of the molecule is O=C(NCC1(O)CCOC1)C1Cc2ccccc2CN1. The number of rotatable bonds is 3. The number of benzene rings is 1. The van der Waals surface area contributed by atoms with E-state index < -0.39 is 5.60 Å². The summed E-state index contributed by atoms with van der Waals surface area (Å²) in [5.74, 6) is -0.0557. The molecule has 20 heavy (non-hydrogen) atoms. The highest BCUT2D eigenvalue weighted by Gasteiger charge is 2.33. The molecule has 1 aromatic rings. The van der Waals surface area contributed by atoms with Crippen LogP contribution in [0.1, 0.15) is 17.5 Å². The van der Waals surface area contributed by atoms with Gasteiger partial charge in [0.25, 0.3) is 0 Å². The van der Waals surface area contributed by atoms with Gasteiger partial charge in [0.05, 0.1) is 12.6 Å². The average Bonchev–Trinajstić information content (AvgIpc) is 2.91. The molecule has 1 saturated heterocycles. The Morgan fingerprint density at radius 2 is 2.25 bits per heavy atom. The second-order valence-corrected chi connectivity index (χ2v) is 5.65. The zero-order chi connectivity index (χ0) is 14.0. The van der Waals surface area contributed by atoms with Crippen LogP contribution < -0.4 is 10.6 Å². The number of amides is 1. The van der Waals surface area contributed by atoms with Gasteiger partial charge < -0.3 is 20.5 Å². The van der Waals surface area contributed by atoms with E-state index in [4.69, 9.17) is 4.74 Å². The first-order chi connectivity index (χ1) is 9.66. The molecule has 0 aromatic heterocycles. The quantitative estimate of drug-likeness (QED) is 0.725. The molecule has 2 heterocycles. The second-order valence-electron chi connectivity index (χ2n) is 5.65. The van der Waals surface area contributed by atoms with Crippen molar-refractivity contribution in [2.24, 2.45) is 0 Å². The number of ether oxygens (including phenoxy) is 1. The Morgan fingerprint density at radius 3 is 3.00 bits per heavy atom. The summed E-state index contributed by atoms with van der Waals surface area (Å²) in [6, 6.07) is 7.92. The fraction of sp³-hybridized carbons (Fsp3) is 0.533. The number of hydrogen-bond acceptors (Lipinski definition) is 4. The number of aliphatic hydroxyl groups is 1. The van der Waals surface area contributed by atoms with Crippen LogP contribution in [0.25, 0.3) is 0 Å². The summed E-state index contributed by atoms with van der Waals surface area (Å²) < 4.78 is 5.17. The van der Waals surface area contributed by atoms with Crippen molar-refractivity contribution >= 4 is 5.91 Å². The third-order valence-electron chi connectivity index (χ3n) is 4.07. The lowest BCUT2D eigenvalue weighted by Gasteiger charge is -2.27. The van der Waals surface area contributed by atoms with E-state index in [1.807, 2.05) is 12.1 Å². The van der Waals surface area contributed by atoms with Gasteiger partial charge in [-0.2, -0.15) is 0 Å². The number of nitrogens with one attached hydrogen (secondary N) is 2. The fourth-order valence-electron chi connectivity index (χ4n) is 2.75. The molecule has 5 heteroatoms. The van der Waals surface area contributed by atoms with Crippen molar-refractivity contribution < 1.29 is 14.6 Å². The van der Waals surface area contributed by atoms with E-state index in [-0.39, 0.29) is 18.5 Å². The van der Waals surface area contributed by atoms with Gasteiger partial charge in [0.1, 0.15) is 5.60 Å². The van der Waals surface area contributed by atoms with E-state index >= 15 is 0 Å². The zero-order valence-corrected chi connectivity index (χ0v) is 11.4. The van der Waals surface area contributed by atoms with Gasteiger partial charge in [-0.3, -0.25) is 4.79 Å². The lowest BCUT2D eigenvalue weighted by molar-refractivity contribution is -0.124. The molecule has 0 saturated carbocycles. The van der Waals surface area contributed by atoms with Crippen LogP contribution >= 0.6 is 0 Å². The van der Waals surface area contributed by atoms with Crippen LogP contribution in [-0.2, 0) is 22.5 Å². The maximum Gasteiger partial charge on any atom is 0.237 e. The Labute approximate surface area is 118 Å². The maximum atomic E-state index is 12.2. The van der Waals surface area contributed by atoms with Crippen LogP contribution in [0.3, 0.4) is 0 Å². The van der Waals surface area contributed by atoms with Gasteiger partial charge >= 0.3 is 0 Å². The predicted octanol–water partition coefficient (Wildman–Crippen LogP) is -0.0315. The van der Waals surface area contributed by atoms with Crippen molar-refractivity contribution in [1.82, 2.24) is 10.6 Å². The van der Waals surface area contributed by atoms with Gasteiger partial charge in [0.15, 0.2) is 0 Å². The minimum absolute atomic E-state index is 0.0557. The normalized spacial score (nSPS) is 28.9. The van der Waals surface area contributed by atoms with Gasteiger partial charge in [-0.15, -0.1) is 0 Å². The maximum absolute atomic E-state index is 12.2. The Balaban J connectivity index is 1.56. The highest BCUT2D eigenvalue weighted by Crippen LogP contribution is 2.18. The van der Waals surface area contributed by atoms with Gasteiger partial charge in [-0.25, -0.2) is 0 Å². The van der Waals surface area contributed by atoms with E-state index in [9.17, 15) is 9.90 Å². The zero-order valence-electron chi connectivity index (χ0n) is 11.4. The van der Waals surface area contributed by atoms with Crippen LogP contribution in [0.4, 0.5) is 0 Å². The van der Waals surface area contributed by atoms with Crippen molar-refractivity contribution in [3.63, 3.8) is 0 Å². The second kappa shape index (κ2) is 5.52. The highest BCUT2D eigenvalue weighted by molar-refractivity contribution is 5.82. The predicted molar refractivity (Wildman–Crippen MR) is 74.2 cm³/mol. The molecule has 3 rings (SSSR count). The standard InChI is InChI=1S/C15H20N2O3/c18-14(17-9-15(19)5-6-20-10-15)13-7-11-3-1-2-4-12(11)8-16-13/h1-4,13,16,19H,5-10H2,(H,17,18). The molecule has 1 fully saturated rings. The minimum atomic E-state index is -0.901.